The quantitative estimate of drug-likeness (QED) is 0.440. The molecule has 0 atom stereocenters. The maximum absolute atomic E-state index is 12.1. The van der Waals surface area contributed by atoms with Gasteiger partial charge in [0.15, 0.2) is 0 Å². The highest BCUT2D eigenvalue weighted by atomic mass is 16.6. The number of hydrogen-bond donors (Lipinski definition) is 1. The van der Waals surface area contributed by atoms with Crippen LogP contribution in [-0.4, -0.2) is 75.2 Å². The van der Waals surface area contributed by atoms with Gasteiger partial charge in [-0.3, -0.25) is 9.69 Å². The first-order valence-electron chi connectivity index (χ1n) is 7.79. The van der Waals surface area contributed by atoms with Gasteiger partial charge in [-0.1, -0.05) is 0 Å². The van der Waals surface area contributed by atoms with Gasteiger partial charge in [0.25, 0.3) is 0 Å². The number of ether oxygens (including phenoxy) is 4. The first kappa shape index (κ1) is 21.6. The minimum absolute atomic E-state index is 0.171. The van der Waals surface area contributed by atoms with Gasteiger partial charge in [-0.05, 0) is 27.7 Å². The Labute approximate surface area is 138 Å². The Kier molecular flexibility index (Phi) is 11.4. The first-order chi connectivity index (χ1) is 10.8. The average molecular weight is 334 g/mol. The Morgan fingerprint density at radius 3 is 2.17 bits per heavy atom. The fourth-order valence-corrected chi connectivity index (χ4v) is 1.50. The lowest BCUT2D eigenvalue weighted by molar-refractivity contribution is -0.144. The molecule has 0 rings (SSSR count). The van der Waals surface area contributed by atoms with E-state index < -0.39 is 17.7 Å². The van der Waals surface area contributed by atoms with Crippen LogP contribution in [0.3, 0.4) is 0 Å². The molecule has 0 radical (unpaired) electrons. The number of hydrogen-bond acceptors (Lipinski definition) is 7. The molecule has 8 nitrogen and oxygen atoms in total. The maximum Gasteiger partial charge on any atom is 0.410 e. The molecule has 23 heavy (non-hydrogen) atoms. The Morgan fingerprint density at radius 1 is 1.04 bits per heavy atom. The zero-order valence-electron chi connectivity index (χ0n) is 14.6. The molecule has 0 saturated heterocycles. The zero-order valence-corrected chi connectivity index (χ0v) is 14.6. The molecule has 0 heterocycles. The Bertz CT molecular complexity index is 343. The predicted octanol–water partition coefficient (Wildman–Crippen LogP) is 0.779. The van der Waals surface area contributed by atoms with Crippen molar-refractivity contribution in [3.8, 4) is 0 Å². The monoisotopic (exact) mass is 334 g/mol. The molecule has 1 amide bonds. The Morgan fingerprint density at radius 2 is 1.65 bits per heavy atom. The van der Waals surface area contributed by atoms with Crippen LogP contribution in [0.15, 0.2) is 0 Å². The third-order valence-electron chi connectivity index (χ3n) is 2.42. The van der Waals surface area contributed by atoms with E-state index in [4.69, 9.17) is 24.7 Å². The fourth-order valence-electron chi connectivity index (χ4n) is 1.50. The molecule has 2 N–H and O–H groups in total. The minimum Gasteiger partial charge on any atom is -0.465 e. The molecule has 0 aliphatic carbocycles. The van der Waals surface area contributed by atoms with E-state index in [9.17, 15) is 9.59 Å². The van der Waals surface area contributed by atoms with Crippen molar-refractivity contribution >= 4 is 12.1 Å². The van der Waals surface area contributed by atoms with Crippen LogP contribution < -0.4 is 5.73 Å². The molecule has 136 valence electrons. The SMILES string of the molecule is CCOC(=O)CN(CCOCCOCCN)C(=O)OC(C)(C)C. The van der Waals surface area contributed by atoms with E-state index in [2.05, 4.69) is 0 Å². The summed E-state index contributed by atoms with van der Waals surface area (Å²) in [4.78, 5) is 25.0. The fraction of sp³-hybridized carbons (Fsp3) is 0.867. The normalized spacial score (nSPS) is 11.2. The molecular weight excluding hydrogens is 304 g/mol. The molecule has 0 fully saturated rings. The van der Waals surface area contributed by atoms with Gasteiger partial charge in [-0.25, -0.2) is 4.79 Å². The third-order valence-corrected chi connectivity index (χ3v) is 2.42. The number of nitrogens with two attached hydrogens (primary N) is 1. The van der Waals surface area contributed by atoms with Crippen molar-refractivity contribution in [2.45, 2.75) is 33.3 Å². The van der Waals surface area contributed by atoms with Gasteiger partial charge < -0.3 is 24.7 Å². The summed E-state index contributed by atoms with van der Waals surface area (Å²) in [5.74, 6) is -0.482. The van der Waals surface area contributed by atoms with Crippen molar-refractivity contribution in [3.63, 3.8) is 0 Å². The van der Waals surface area contributed by atoms with Crippen molar-refractivity contribution in [2.24, 2.45) is 5.73 Å². The van der Waals surface area contributed by atoms with E-state index in [-0.39, 0.29) is 26.3 Å². The Hall–Kier alpha value is -1.38. The number of esters is 1. The van der Waals surface area contributed by atoms with E-state index >= 15 is 0 Å². The number of nitrogens with zero attached hydrogens (tertiary/aromatic N) is 1. The molecule has 0 bridgehead atoms. The van der Waals surface area contributed by atoms with Crippen LogP contribution in [0.2, 0.25) is 0 Å². The van der Waals surface area contributed by atoms with Gasteiger partial charge in [0.1, 0.15) is 12.1 Å². The number of rotatable bonds is 11. The third kappa shape index (κ3) is 12.8. The molecule has 0 unspecified atom stereocenters. The molecule has 8 heteroatoms. The zero-order chi connectivity index (χ0) is 17.7. The highest BCUT2D eigenvalue weighted by Crippen LogP contribution is 2.10. The lowest BCUT2D eigenvalue weighted by Crippen LogP contribution is -2.42. The van der Waals surface area contributed by atoms with Crippen LogP contribution in [0.25, 0.3) is 0 Å². The lowest BCUT2D eigenvalue weighted by atomic mass is 10.2. The van der Waals surface area contributed by atoms with Gasteiger partial charge >= 0.3 is 12.1 Å². The van der Waals surface area contributed by atoms with Crippen molar-refractivity contribution < 1.29 is 28.5 Å². The molecule has 0 saturated carbocycles. The molecule has 0 aromatic rings. The van der Waals surface area contributed by atoms with Crippen LogP contribution in [0, 0.1) is 0 Å². The van der Waals surface area contributed by atoms with Crippen LogP contribution in [0.5, 0.6) is 0 Å². The van der Waals surface area contributed by atoms with Gasteiger partial charge in [0.2, 0.25) is 0 Å². The summed E-state index contributed by atoms with van der Waals surface area (Å²) < 4.78 is 20.7. The second-order valence-corrected chi connectivity index (χ2v) is 5.72. The van der Waals surface area contributed by atoms with E-state index in [0.29, 0.717) is 26.4 Å². The van der Waals surface area contributed by atoms with Gasteiger partial charge in [-0.15, -0.1) is 0 Å². The summed E-state index contributed by atoms with van der Waals surface area (Å²) in [6.07, 6.45) is -0.575. The predicted molar refractivity (Wildman–Crippen MR) is 85.1 cm³/mol. The average Bonchev–Trinajstić information content (AvgIpc) is 2.43. The minimum atomic E-state index is -0.638. The Balaban J connectivity index is 4.27. The maximum atomic E-state index is 12.1. The van der Waals surface area contributed by atoms with Crippen LogP contribution in [-0.2, 0) is 23.7 Å². The summed E-state index contributed by atoms with van der Waals surface area (Å²) >= 11 is 0. The van der Waals surface area contributed by atoms with Crippen molar-refractivity contribution in [1.29, 1.82) is 0 Å². The summed E-state index contributed by atoms with van der Waals surface area (Å²) in [5, 5.41) is 0. The molecule has 0 aliphatic rings. The summed E-state index contributed by atoms with van der Waals surface area (Å²) in [5.41, 5.74) is 4.66. The largest absolute Gasteiger partial charge is 0.465 e. The molecule has 0 aliphatic heterocycles. The topological polar surface area (TPSA) is 100 Å². The second kappa shape index (κ2) is 12.1. The van der Waals surface area contributed by atoms with Crippen molar-refractivity contribution in [2.75, 3.05) is 52.7 Å². The molecule has 0 aromatic heterocycles. The molecule has 0 spiro atoms. The number of carbonyl (C=O) groups is 2. The lowest BCUT2D eigenvalue weighted by Gasteiger charge is -2.26. The summed E-state index contributed by atoms with van der Waals surface area (Å²) in [6.45, 7) is 9.35. The molecular formula is C15H30N2O6. The number of amides is 1. The van der Waals surface area contributed by atoms with Crippen LogP contribution in [0.1, 0.15) is 27.7 Å². The van der Waals surface area contributed by atoms with Gasteiger partial charge in [-0.2, -0.15) is 0 Å². The summed E-state index contributed by atoms with van der Waals surface area (Å²) in [7, 11) is 0. The second-order valence-electron chi connectivity index (χ2n) is 5.72. The smallest absolute Gasteiger partial charge is 0.410 e. The van der Waals surface area contributed by atoms with Crippen molar-refractivity contribution in [3.05, 3.63) is 0 Å². The van der Waals surface area contributed by atoms with E-state index in [1.165, 1.54) is 4.90 Å². The number of carbonyl (C=O) groups excluding carboxylic acids is 2. The van der Waals surface area contributed by atoms with Gasteiger partial charge in [0.05, 0.1) is 33.0 Å². The van der Waals surface area contributed by atoms with E-state index in [1.807, 2.05) is 0 Å². The highest BCUT2D eigenvalue weighted by molar-refractivity contribution is 5.78. The van der Waals surface area contributed by atoms with E-state index in [1.54, 1.807) is 27.7 Å². The first-order valence-corrected chi connectivity index (χ1v) is 7.79. The van der Waals surface area contributed by atoms with E-state index in [0.717, 1.165) is 0 Å². The van der Waals surface area contributed by atoms with Crippen LogP contribution >= 0.6 is 0 Å². The summed E-state index contributed by atoms with van der Waals surface area (Å²) in [6, 6.07) is 0. The van der Waals surface area contributed by atoms with Crippen LogP contribution in [0.4, 0.5) is 4.79 Å². The standard InChI is InChI=1S/C15H30N2O6/c1-5-22-13(18)12-17(14(19)23-15(2,3)4)7-9-21-11-10-20-8-6-16/h5-12,16H2,1-4H3. The highest BCUT2D eigenvalue weighted by Gasteiger charge is 2.24. The van der Waals surface area contributed by atoms with Crippen molar-refractivity contribution in [1.82, 2.24) is 4.90 Å². The van der Waals surface area contributed by atoms with Gasteiger partial charge in [0, 0.05) is 13.1 Å². The molecule has 0 aromatic carbocycles.